The Kier molecular flexibility index (Phi) is 4.57. The van der Waals surface area contributed by atoms with Gasteiger partial charge >= 0.3 is 17.8 Å². The number of aliphatic hydroxyl groups is 1. The predicted octanol–water partition coefficient (Wildman–Crippen LogP) is -1.75. The second kappa shape index (κ2) is 6.66. The number of ether oxygens (including phenoxy) is 3. The number of carbonyl (C=O) groups excluding carboxylic acids is 2. The average Bonchev–Trinajstić information content (AvgIpc) is 3.10. The van der Waals surface area contributed by atoms with E-state index in [2.05, 4.69) is 15.3 Å². The molecule has 0 aliphatic carbocycles. The van der Waals surface area contributed by atoms with E-state index in [-0.39, 0.29) is 5.82 Å². The van der Waals surface area contributed by atoms with Crippen LogP contribution >= 0.6 is 0 Å². The van der Waals surface area contributed by atoms with Crippen LogP contribution in [0.5, 0.6) is 0 Å². The van der Waals surface area contributed by atoms with Crippen LogP contribution in [0.3, 0.4) is 0 Å². The van der Waals surface area contributed by atoms with Gasteiger partial charge in [-0.3, -0.25) is 4.57 Å². The van der Waals surface area contributed by atoms with E-state index in [1.807, 2.05) is 0 Å². The van der Waals surface area contributed by atoms with Crippen LogP contribution in [0.25, 0.3) is 0 Å². The molecule has 0 radical (unpaired) electrons. The maximum absolute atomic E-state index is 12.2. The Balaban J connectivity index is 1.76. The number of nitrogens with zero attached hydrogens (tertiary/aromatic N) is 2. The van der Waals surface area contributed by atoms with E-state index in [1.54, 1.807) is 0 Å². The summed E-state index contributed by atoms with van der Waals surface area (Å²) >= 11 is 0. The van der Waals surface area contributed by atoms with Gasteiger partial charge in [-0.05, 0) is 6.92 Å². The number of aliphatic hydroxyl groups excluding tert-OH is 1. The smallest absolute Gasteiger partial charge is 0.424 e. The van der Waals surface area contributed by atoms with Gasteiger partial charge in [0.2, 0.25) is 0 Å². The number of nitrogens with one attached hydrogen (secondary N) is 1. The number of aromatic nitrogens is 2. The summed E-state index contributed by atoms with van der Waals surface area (Å²) < 4.78 is 16.5. The summed E-state index contributed by atoms with van der Waals surface area (Å²) in [5.74, 6) is -0.753. The Morgan fingerprint density at radius 2 is 2.20 bits per heavy atom. The van der Waals surface area contributed by atoms with Crippen molar-refractivity contribution in [2.24, 2.45) is 5.73 Å². The zero-order valence-corrected chi connectivity index (χ0v) is 13.0. The van der Waals surface area contributed by atoms with E-state index in [9.17, 15) is 19.5 Å². The third-order valence-electron chi connectivity index (χ3n) is 3.66. The summed E-state index contributed by atoms with van der Waals surface area (Å²) in [5, 5.41) is 9.30. The molecule has 3 heterocycles. The van der Waals surface area contributed by atoms with Crippen molar-refractivity contribution >= 4 is 17.9 Å². The maximum atomic E-state index is 12.2. The number of rotatable bonds is 5. The summed E-state index contributed by atoms with van der Waals surface area (Å²) in [7, 11) is 0. The Morgan fingerprint density at radius 1 is 1.48 bits per heavy atom. The minimum absolute atomic E-state index is 0.0248. The molecular weight excluding hydrogens is 340 g/mol. The van der Waals surface area contributed by atoms with Gasteiger partial charge in [0, 0.05) is 12.3 Å². The molecule has 5 atom stereocenters. The monoisotopic (exact) mass is 356 g/mol. The molecule has 0 bridgehead atoms. The molecule has 3 rings (SSSR count). The first-order valence-corrected chi connectivity index (χ1v) is 7.35. The van der Waals surface area contributed by atoms with Crippen molar-refractivity contribution < 1.29 is 33.7 Å². The zero-order chi connectivity index (χ0) is 18.1. The van der Waals surface area contributed by atoms with Crippen molar-refractivity contribution in [2.75, 3.05) is 12.1 Å². The molecule has 2 aliphatic heterocycles. The molecule has 136 valence electrons. The highest BCUT2D eigenvalue weighted by Crippen LogP contribution is 2.36. The van der Waals surface area contributed by atoms with Crippen molar-refractivity contribution in [1.29, 1.82) is 0 Å². The summed E-state index contributed by atoms with van der Waals surface area (Å²) in [5.41, 5.74) is 6.79. The number of anilines is 1. The van der Waals surface area contributed by atoms with Gasteiger partial charge in [-0.15, -0.1) is 0 Å². The van der Waals surface area contributed by atoms with Crippen LogP contribution in [0.4, 0.5) is 10.6 Å². The summed E-state index contributed by atoms with van der Waals surface area (Å²) in [6.07, 6.45) is -3.13. The van der Waals surface area contributed by atoms with Gasteiger partial charge in [0.15, 0.2) is 24.3 Å². The lowest BCUT2D eigenvalue weighted by Crippen LogP contribution is -2.35. The second-order valence-electron chi connectivity index (χ2n) is 5.48. The molecule has 12 nitrogen and oxygen atoms in total. The van der Waals surface area contributed by atoms with E-state index in [1.165, 1.54) is 19.2 Å². The third kappa shape index (κ3) is 3.26. The lowest BCUT2D eigenvalue weighted by Gasteiger charge is -2.18. The molecule has 4 N–H and O–H groups in total. The van der Waals surface area contributed by atoms with Crippen LogP contribution in [0.15, 0.2) is 17.1 Å². The van der Waals surface area contributed by atoms with Gasteiger partial charge in [-0.1, -0.05) is 0 Å². The first-order valence-electron chi connectivity index (χ1n) is 7.35. The number of hydrogen-bond acceptors (Lipinski definition) is 11. The molecule has 25 heavy (non-hydrogen) atoms. The van der Waals surface area contributed by atoms with Crippen LogP contribution in [-0.2, 0) is 23.8 Å². The van der Waals surface area contributed by atoms with Crippen molar-refractivity contribution in [3.63, 3.8) is 0 Å². The van der Waals surface area contributed by atoms with Crippen molar-refractivity contribution in [3.8, 4) is 0 Å². The van der Waals surface area contributed by atoms with Crippen molar-refractivity contribution in [1.82, 2.24) is 9.55 Å². The number of carbonyl (C=O) groups is 2. The average molecular weight is 356 g/mol. The van der Waals surface area contributed by atoms with Crippen LogP contribution in [0.1, 0.15) is 13.2 Å². The lowest BCUT2D eigenvalue weighted by atomic mass is 10.1. The molecule has 2 saturated heterocycles. The fraction of sp³-hybridized carbons (Fsp3) is 0.538. The molecule has 0 amide bonds. The topological polar surface area (TPSA) is 164 Å². The molecule has 0 saturated carbocycles. The van der Waals surface area contributed by atoms with E-state index < -0.39 is 55.0 Å². The normalized spacial score (nSPS) is 28.7. The van der Waals surface area contributed by atoms with Gasteiger partial charge in [0.25, 0.3) is 0 Å². The third-order valence-corrected chi connectivity index (χ3v) is 3.66. The van der Waals surface area contributed by atoms with Gasteiger partial charge in [0.05, 0.1) is 6.61 Å². The molecule has 0 unspecified atom stereocenters. The highest BCUT2D eigenvalue weighted by molar-refractivity contribution is 5.75. The molecule has 2 fully saturated rings. The number of nitrogens with two attached hydrogens (primary N) is 1. The molecule has 1 aromatic rings. The van der Waals surface area contributed by atoms with E-state index >= 15 is 0 Å². The molecule has 12 heteroatoms. The minimum Gasteiger partial charge on any atom is -0.424 e. The largest absolute Gasteiger partial charge is 0.509 e. The van der Waals surface area contributed by atoms with Crippen LogP contribution in [0.2, 0.25) is 0 Å². The summed E-state index contributed by atoms with van der Waals surface area (Å²) in [4.78, 5) is 43.1. The molecule has 1 aromatic heterocycles. The minimum atomic E-state index is -1.01. The molecule has 0 aromatic carbocycles. The maximum Gasteiger partial charge on any atom is 0.509 e. The SMILES string of the molecule is C[C@@H](N)C(=O)ONc1ccn([C@@H]2O[C@H](CO)[C@H]3OC(=O)O[C@H]32)c(=O)n1. The molecule has 0 spiro atoms. The van der Waals surface area contributed by atoms with E-state index in [4.69, 9.17) is 19.9 Å². The number of fused-ring (bicyclic) bond motifs is 1. The Morgan fingerprint density at radius 3 is 2.84 bits per heavy atom. The highest BCUT2D eigenvalue weighted by atomic mass is 16.8. The Labute approximate surface area is 140 Å². The van der Waals surface area contributed by atoms with E-state index in [0.29, 0.717) is 0 Å². The number of hydrogen-bond donors (Lipinski definition) is 3. The van der Waals surface area contributed by atoms with Gasteiger partial charge in [-0.25, -0.2) is 19.9 Å². The van der Waals surface area contributed by atoms with Crippen LogP contribution in [-0.4, -0.2) is 57.7 Å². The van der Waals surface area contributed by atoms with Crippen LogP contribution in [0, 0.1) is 0 Å². The predicted molar refractivity (Wildman–Crippen MR) is 78.0 cm³/mol. The lowest BCUT2D eigenvalue weighted by molar-refractivity contribution is -0.141. The first kappa shape index (κ1) is 17.1. The zero-order valence-electron chi connectivity index (χ0n) is 13.0. The van der Waals surface area contributed by atoms with Crippen molar-refractivity contribution in [2.45, 2.75) is 37.5 Å². The quantitative estimate of drug-likeness (QED) is 0.405. The highest BCUT2D eigenvalue weighted by Gasteiger charge is 2.55. The second-order valence-corrected chi connectivity index (χ2v) is 5.48. The molecule has 2 aliphatic rings. The van der Waals surface area contributed by atoms with E-state index in [0.717, 1.165) is 4.57 Å². The fourth-order valence-corrected chi connectivity index (χ4v) is 2.46. The summed E-state index contributed by atoms with van der Waals surface area (Å²) in [6.45, 7) is 1.02. The van der Waals surface area contributed by atoms with Gasteiger partial charge in [-0.2, -0.15) is 4.98 Å². The van der Waals surface area contributed by atoms with Crippen molar-refractivity contribution in [3.05, 3.63) is 22.7 Å². The first-order chi connectivity index (χ1) is 11.9. The molecular formula is C13H16N4O8. The fourth-order valence-electron chi connectivity index (χ4n) is 2.46. The van der Waals surface area contributed by atoms with Gasteiger partial charge in [0.1, 0.15) is 12.1 Å². The Hall–Kier alpha value is -2.70. The summed E-state index contributed by atoms with van der Waals surface area (Å²) in [6, 6.07) is 0.502. The van der Waals surface area contributed by atoms with Crippen LogP contribution < -0.4 is 16.9 Å². The van der Waals surface area contributed by atoms with Gasteiger partial charge < -0.3 is 29.9 Å². The Bertz CT molecular complexity index is 735. The standard InChI is InChI=1S/C13H16N4O8/c1-5(14)11(19)25-16-7-2-3-17(12(20)15-7)10-9-8(6(4-18)22-10)23-13(21)24-9/h2-3,5-6,8-10,18H,4,14H2,1H3,(H,15,16,20)/t5-,6-,8-,9-,10-/m1/s1.